The van der Waals surface area contributed by atoms with Crippen LogP contribution in [0.1, 0.15) is 15.9 Å². The Morgan fingerprint density at radius 2 is 1.76 bits per heavy atom. The number of carbonyl (C=O) groups excluding carboxylic acids is 2. The lowest BCUT2D eigenvalue weighted by atomic mass is 10.1. The molecule has 25 heavy (non-hydrogen) atoms. The number of rotatable bonds is 5. The second-order valence-corrected chi connectivity index (χ2v) is 5.00. The standard InChI is InChI=1S/C16H13F4N3O2/c17-12-6-5-9(7-10(12)15(21)25)22-8-14(24)23-13-4-2-1-3-11(13)16(18,19)20/h1-7,22H,8H2,(H2,21,25)(H,23,24). The summed E-state index contributed by atoms with van der Waals surface area (Å²) in [5.41, 5.74) is 3.51. The molecule has 2 aromatic carbocycles. The van der Waals surface area contributed by atoms with Crippen LogP contribution in [0.5, 0.6) is 0 Å². The molecule has 0 aliphatic heterocycles. The predicted octanol–water partition coefficient (Wildman–Crippen LogP) is 2.99. The van der Waals surface area contributed by atoms with Gasteiger partial charge in [0.2, 0.25) is 5.91 Å². The van der Waals surface area contributed by atoms with Crippen LogP contribution in [-0.4, -0.2) is 18.4 Å². The monoisotopic (exact) mass is 355 g/mol. The van der Waals surface area contributed by atoms with Gasteiger partial charge in [0.05, 0.1) is 23.4 Å². The summed E-state index contributed by atoms with van der Waals surface area (Å²) in [6.45, 7) is -0.393. The molecule has 0 saturated heterocycles. The SMILES string of the molecule is NC(=O)c1cc(NCC(=O)Nc2ccccc2C(F)(F)F)ccc1F. The zero-order chi connectivity index (χ0) is 18.6. The number of anilines is 2. The fourth-order valence-electron chi connectivity index (χ4n) is 2.04. The van der Waals surface area contributed by atoms with Crippen LogP contribution in [0, 0.1) is 5.82 Å². The van der Waals surface area contributed by atoms with Crippen molar-refractivity contribution >= 4 is 23.2 Å². The molecule has 0 bridgehead atoms. The van der Waals surface area contributed by atoms with E-state index in [4.69, 9.17) is 5.73 Å². The van der Waals surface area contributed by atoms with Crippen molar-refractivity contribution in [1.82, 2.24) is 0 Å². The lowest BCUT2D eigenvalue weighted by Gasteiger charge is -2.14. The third-order valence-corrected chi connectivity index (χ3v) is 3.19. The van der Waals surface area contributed by atoms with Crippen molar-refractivity contribution in [3.63, 3.8) is 0 Å². The second-order valence-electron chi connectivity index (χ2n) is 5.00. The van der Waals surface area contributed by atoms with Gasteiger partial charge in [0.25, 0.3) is 5.91 Å². The highest BCUT2D eigenvalue weighted by Crippen LogP contribution is 2.34. The molecule has 2 aromatic rings. The summed E-state index contributed by atoms with van der Waals surface area (Å²) in [6, 6.07) is 7.90. The first-order valence-corrected chi connectivity index (χ1v) is 6.98. The van der Waals surface area contributed by atoms with Crippen LogP contribution in [0.15, 0.2) is 42.5 Å². The van der Waals surface area contributed by atoms with Crippen LogP contribution >= 0.6 is 0 Å². The molecule has 0 radical (unpaired) electrons. The molecule has 0 aliphatic rings. The summed E-state index contributed by atoms with van der Waals surface area (Å²) in [5, 5.41) is 4.73. The number of primary amides is 1. The van der Waals surface area contributed by atoms with Crippen molar-refractivity contribution in [2.24, 2.45) is 5.73 Å². The van der Waals surface area contributed by atoms with Gasteiger partial charge in [0, 0.05) is 5.69 Å². The Bertz CT molecular complexity index is 806. The number of amides is 2. The molecule has 0 heterocycles. The first-order chi connectivity index (χ1) is 11.7. The van der Waals surface area contributed by atoms with E-state index in [9.17, 15) is 27.2 Å². The normalized spacial score (nSPS) is 11.0. The van der Waals surface area contributed by atoms with Crippen molar-refractivity contribution in [3.8, 4) is 0 Å². The Morgan fingerprint density at radius 3 is 2.40 bits per heavy atom. The van der Waals surface area contributed by atoms with E-state index in [1.807, 2.05) is 0 Å². The van der Waals surface area contributed by atoms with Crippen molar-refractivity contribution in [2.45, 2.75) is 6.18 Å². The summed E-state index contributed by atoms with van der Waals surface area (Å²) in [7, 11) is 0. The summed E-state index contributed by atoms with van der Waals surface area (Å²) in [6.07, 6.45) is -4.61. The fourth-order valence-corrected chi connectivity index (χ4v) is 2.04. The molecule has 0 atom stereocenters. The van der Waals surface area contributed by atoms with Crippen molar-refractivity contribution < 1.29 is 27.2 Å². The Hall–Kier alpha value is -3.10. The van der Waals surface area contributed by atoms with E-state index < -0.39 is 35.9 Å². The van der Waals surface area contributed by atoms with E-state index in [2.05, 4.69) is 10.6 Å². The van der Waals surface area contributed by atoms with Gasteiger partial charge in [-0.25, -0.2) is 4.39 Å². The van der Waals surface area contributed by atoms with Crippen LogP contribution in [0.2, 0.25) is 0 Å². The molecular formula is C16H13F4N3O2. The Balaban J connectivity index is 2.05. The highest BCUT2D eigenvalue weighted by molar-refractivity contribution is 5.96. The summed E-state index contributed by atoms with van der Waals surface area (Å²) < 4.78 is 51.9. The van der Waals surface area contributed by atoms with E-state index in [1.165, 1.54) is 18.2 Å². The van der Waals surface area contributed by atoms with Crippen LogP contribution < -0.4 is 16.4 Å². The smallest absolute Gasteiger partial charge is 0.376 e. The number of benzene rings is 2. The maximum Gasteiger partial charge on any atom is 0.418 e. The first-order valence-electron chi connectivity index (χ1n) is 6.98. The number of para-hydroxylation sites is 1. The number of hydrogen-bond acceptors (Lipinski definition) is 3. The van der Waals surface area contributed by atoms with E-state index >= 15 is 0 Å². The fraction of sp³-hybridized carbons (Fsp3) is 0.125. The number of alkyl halides is 3. The topological polar surface area (TPSA) is 84.2 Å². The van der Waals surface area contributed by atoms with Gasteiger partial charge >= 0.3 is 6.18 Å². The van der Waals surface area contributed by atoms with Gasteiger partial charge in [-0.2, -0.15) is 13.2 Å². The van der Waals surface area contributed by atoms with Gasteiger partial charge in [0.15, 0.2) is 0 Å². The van der Waals surface area contributed by atoms with Gasteiger partial charge < -0.3 is 16.4 Å². The summed E-state index contributed by atoms with van der Waals surface area (Å²) in [5.74, 6) is -2.55. The maximum absolute atomic E-state index is 13.3. The van der Waals surface area contributed by atoms with Gasteiger partial charge in [-0.1, -0.05) is 12.1 Å². The largest absolute Gasteiger partial charge is 0.418 e. The zero-order valence-electron chi connectivity index (χ0n) is 12.7. The number of nitrogens with two attached hydrogens (primary N) is 1. The van der Waals surface area contributed by atoms with E-state index in [0.29, 0.717) is 0 Å². The molecule has 0 aliphatic carbocycles. The molecular weight excluding hydrogens is 342 g/mol. The maximum atomic E-state index is 13.3. The van der Waals surface area contributed by atoms with Gasteiger partial charge in [0.1, 0.15) is 5.82 Å². The third-order valence-electron chi connectivity index (χ3n) is 3.19. The quantitative estimate of drug-likeness (QED) is 0.721. The molecule has 4 N–H and O–H groups in total. The average Bonchev–Trinajstić information content (AvgIpc) is 2.53. The zero-order valence-corrected chi connectivity index (χ0v) is 12.7. The average molecular weight is 355 g/mol. The van der Waals surface area contributed by atoms with E-state index in [1.54, 1.807) is 0 Å². The molecule has 0 spiro atoms. The van der Waals surface area contributed by atoms with E-state index in [0.717, 1.165) is 24.3 Å². The summed E-state index contributed by atoms with van der Waals surface area (Å²) in [4.78, 5) is 22.9. The minimum absolute atomic E-state index is 0.217. The molecule has 0 saturated carbocycles. The molecule has 2 amide bonds. The minimum Gasteiger partial charge on any atom is -0.376 e. The van der Waals surface area contributed by atoms with Gasteiger partial charge in [-0.15, -0.1) is 0 Å². The third kappa shape index (κ3) is 4.69. The molecule has 2 rings (SSSR count). The van der Waals surface area contributed by atoms with Crippen LogP contribution in [0.3, 0.4) is 0 Å². The molecule has 0 unspecified atom stereocenters. The molecule has 0 fully saturated rings. The molecule has 9 heteroatoms. The Morgan fingerprint density at radius 1 is 1.08 bits per heavy atom. The second kappa shape index (κ2) is 7.20. The molecule has 132 valence electrons. The van der Waals surface area contributed by atoms with Gasteiger partial charge in [-0.05, 0) is 30.3 Å². The van der Waals surface area contributed by atoms with Crippen molar-refractivity contribution in [1.29, 1.82) is 0 Å². The highest BCUT2D eigenvalue weighted by atomic mass is 19.4. The minimum atomic E-state index is -4.61. The van der Waals surface area contributed by atoms with Crippen LogP contribution in [-0.2, 0) is 11.0 Å². The predicted molar refractivity (Wildman–Crippen MR) is 83.5 cm³/mol. The van der Waals surface area contributed by atoms with Crippen LogP contribution in [0.4, 0.5) is 28.9 Å². The Kier molecular flexibility index (Phi) is 5.26. The summed E-state index contributed by atoms with van der Waals surface area (Å²) >= 11 is 0. The molecule has 0 aromatic heterocycles. The Labute approximate surface area is 139 Å². The number of nitrogens with one attached hydrogen (secondary N) is 2. The van der Waals surface area contributed by atoms with Crippen molar-refractivity contribution in [3.05, 3.63) is 59.4 Å². The van der Waals surface area contributed by atoms with Gasteiger partial charge in [-0.3, -0.25) is 9.59 Å². The van der Waals surface area contributed by atoms with Crippen molar-refractivity contribution in [2.75, 3.05) is 17.2 Å². The number of carbonyl (C=O) groups is 2. The first kappa shape index (κ1) is 18.2. The number of halogens is 4. The number of hydrogen-bond donors (Lipinski definition) is 3. The van der Waals surface area contributed by atoms with Crippen LogP contribution in [0.25, 0.3) is 0 Å². The van der Waals surface area contributed by atoms with E-state index in [-0.39, 0.29) is 16.9 Å². The highest BCUT2D eigenvalue weighted by Gasteiger charge is 2.33. The lowest BCUT2D eigenvalue weighted by molar-refractivity contribution is -0.137. The lowest BCUT2D eigenvalue weighted by Crippen LogP contribution is -2.23. The molecule has 5 nitrogen and oxygen atoms in total.